The number of methoxy groups -OCH3 is 1. The van der Waals surface area contributed by atoms with Gasteiger partial charge in [-0.25, -0.2) is 0 Å². The van der Waals surface area contributed by atoms with Gasteiger partial charge in [-0.1, -0.05) is 24.3 Å². The Bertz CT molecular complexity index is 958. The van der Waals surface area contributed by atoms with E-state index in [-0.39, 0.29) is 11.6 Å². The second-order valence-electron chi connectivity index (χ2n) is 5.48. The van der Waals surface area contributed by atoms with Gasteiger partial charge in [-0.15, -0.1) is 10.2 Å². The van der Waals surface area contributed by atoms with Gasteiger partial charge in [0.05, 0.1) is 18.2 Å². The monoisotopic (exact) mass is 323 g/mol. The zero-order valence-electron chi connectivity index (χ0n) is 13.6. The lowest BCUT2D eigenvalue weighted by atomic mass is 10.1. The number of carbonyl (C=O) groups is 1. The third-order valence-electron chi connectivity index (χ3n) is 3.90. The third-order valence-corrected chi connectivity index (χ3v) is 3.90. The van der Waals surface area contributed by atoms with Crippen LogP contribution in [0.4, 0.5) is 5.69 Å². The molecule has 122 valence electrons. The number of azo groups is 1. The standard InChI is InChI=1S/C18H17N3O3/c1-10-8-9-11(2)15-14(10)16(18(23)19-15)20-21-17(22)12-6-4-5-7-13(12)24-3/h4-9,19,23H,1-3H3. The van der Waals surface area contributed by atoms with Crippen LogP contribution in [-0.2, 0) is 0 Å². The molecule has 0 bridgehead atoms. The molecular formula is C18H17N3O3. The van der Waals surface area contributed by atoms with Crippen LogP contribution < -0.4 is 4.74 Å². The molecule has 3 aromatic rings. The predicted octanol–water partition coefficient (Wildman–Crippen LogP) is 4.42. The Balaban J connectivity index is 2.04. The Kier molecular flexibility index (Phi) is 4.04. The zero-order valence-corrected chi connectivity index (χ0v) is 13.6. The molecule has 0 aliphatic heterocycles. The van der Waals surface area contributed by atoms with E-state index >= 15 is 0 Å². The van der Waals surface area contributed by atoms with Crippen molar-refractivity contribution in [3.8, 4) is 11.6 Å². The smallest absolute Gasteiger partial charge is 0.299 e. The topological polar surface area (TPSA) is 87.0 Å². The number of nitrogens with zero attached hydrogens (tertiary/aromatic N) is 2. The van der Waals surface area contributed by atoms with E-state index in [4.69, 9.17) is 4.74 Å². The SMILES string of the molecule is COc1ccccc1C(=O)N=Nc1c(O)[nH]c2c(C)ccc(C)c12. The maximum atomic E-state index is 12.3. The molecule has 1 heterocycles. The Morgan fingerprint density at radius 2 is 1.83 bits per heavy atom. The second-order valence-corrected chi connectivity index (χ2v) is 5.48. The highest BCUT2D eigenvalue weighted by Crippen LogP contribution is 2.38. The summed E-state index contributed by atoms with van der Waals surface area (Å²) in [5, 5.41) is 18.6. The van der Waals surface area contributed by atoms with Gasteiger partial charge in [-0.3, -0.25) is 4.79 Å². The van der Waals surface area contributed by atoms with Crippen molar-refractivity contribution in [2.75, 3.05) is 7.11 Å². The second kappa shape index (κ2) is 6.16. The summed E-state index contributed by atoms with van der Waals surface area (Å²) in [7, 11) is 1.49. The molecule has 0 atom stereocenters. The summed E-state index contributed by atoms with van der Waals surface area (Å²) < 4.78 is 5.15. The number of amides is 1. The number of H-pyrrole nitrogens is 1. The molecular weight excluding hydrogens is 306 g/mol. The fourth-order valence-electron chi connectivity index (χ4n) is 2.64. The fourth-order valence-corrected chi connectivity index (χ4v) is 2.64. The number of hydrogen-bond donors (Lipinski definition) is 2. The molecule has 3 rings (SSSR count). The fraction of sp³-hybridized carbons (Fsp3) is 0.167. The molecule has 0 unspecified atom stereocenters. The molecule has 0 spiro atoms. The lowest BCUT2D eigenvalue weighted by Crippen LogP contribution is -1.97. The Morgan fingerprint density at radius 1 is 1.12 bits per heavy atom. The molecule has 0 radical (unpaired) electrons. The van der Waals surface area contributed by atoms with Gasteiger partial charge in [0.15, 0.2) is 5.69 Å². The molecule has 0 saturated carbocycles. The van der Waals surface area contributed by atoms with E-state index in [9.17, 15) is 9.90 Å². The van der Waals surface area contributed by atoms with Crippen LogP contribution in [0.5, 0.6) is 11.6 Å². The normalized spacial score (nSPS) is 11.3. The van der Waals surface area contributed by atoms with Gasteiger partial charge < -0.3 is 14.8 Å². The van der Waals surface area contributed by atoms with Crippen LogP contribution >= 0.6 is 0 Å². The predicted molar refractivity (Wildman–Crippen MR) is 91.3 cm³/mol. The summed E-state index contributed by atoms with van der Waals surface area (Å²) in [5.41, 5.74) is 3.27. The van der Waals surface area contributed by atoms with Crippen LogP contribution in [0, 0.1) is 13.8 Å². The first-order chi connectivity index (χ1) is 11.5. The minimum absolute atomic E-state index is 0.112. The molecule has 6 nitrogen and oxygen atoms in total. The van der Waals surface area contributed by atoms with Gasteiger partial charge in [-0.05, 0) is 37.1 Å². The van der Waals surface area contributed by atoms with Crippen LogP contribution in [0.3, 0.4) is 0 Å². The number of ether oxygens (including phenoxy) is 1. The van der Waals surface area contributed by atoms with Crippen molar-refractivity contribution in [3.63, 3.8) is 0 Å². The molecule has 1 aromatic heterocycles. The van der Waals surface area contributed by atoms with Crippen molar-refractivity contribution in [2.45, 2.75) is 13.8 Å². The number of carbonyl (C=O) groups excluding carboxylic acids is 1. The number of aromatic nitrogens is 1. The number of hydrogen-bond acceptors (Lipinski definition) is 4. The first kappa shape index (κ1) is 15.7. The van der Waals surface area contributed by atoms with Crippen LogP contribution in [0.2, 0.25) is 0 Å². The van der Waals surface area contributed by atoms with Gasteiger partial charge in [0, 0.05) is 5.39 Å². The third kappa shape index (κ3) is 2.62. The number of rotatable bonds is 3. The number of benzene rings is 2. The van der Waals surface area contributed by atoms with Gasteiger partial charge >= 0.3 is 0 Å². The number of nitrogens with one attached hydrogen (secondary N) is 1. The molecule has 0 aliphatic carbocycles. The van der Waals surface area contributed by atoms with E-state index in [0.29, 0.717) is 11.3 Å². The van der Waals surface area contributed by atoms with Gasteiger partial charge in [0.25, 0.3) is 5.91 Å². The van der Waals surface area contributed by atoms with Crippen molar-refractivity contribution >= 4 is 22.5 Å². The average molecular weight is 323 g/mol. The van der Waals surface area contributed by atoms with E-state index in [0.717, 1.165) is 22.0 Å². The van der Waals surface area contributed by atoms with E-state index in [1.807, 2.05) is 26.0 Å². The number of para-hydroxylation sites is 1. The largest absolute Gasteiger partial charge is 0.496 e. The van der Waals surface area contributed by atoms with E-state index in [2.05, 4.69) is 15.2 Å². The summed E-state index contributed by atoms with van der Waals surface area (Å²) in [4.78, 5) is 15.2. The minimum atomic E-state index is -0.536. The highest BCUT2D eigenvalue weighted by Gasteiger charge is 2.16. The van der Waals surface area contributed by atoms with Crippen molar-refractivity contribution in [3.05, 3.63) is 53.1 Å². The van der Waals surface area contributed by atoms with Crippen molar-refractivity contribution in [2.24, 2.45) is 10.2 Å². The summed E-state index contributed by atoms with van der Waals surface area (Å²) >= 11 is 0. The van der Waals surface area contributed by atoms with Crippen LogP contribution in [0.15, 0.2) is 46.6 Å². The summed E-state index contributed by atoms with van der Waals surface area (Å²) in [6.07, 6.45) is 0. The van der Waals surface area contributed by atoms with Crippen LogP contribution in [0.25, 0.3) is 10.9 Å². The maximum absolute atomic E-state index is 12.3. The van der Waals surface area contributed by atoms with Gasteiger partial charge in [0.1, 0.15) is 5.75 Å². The van der Waals surface area contributed by atoms with E-state index in [1.54, 1.807) is 24.3 Å². The molecule has 2 N–H and O–H groups in total. The molecule has 0 fully saturated rings. The van der Waals surface area contributed by atoms with Crippen molar-refractivity contribution in [1.29, 1.82) is 0 Å². The highest BCUT2D eigenvalue weighted by molar-refractivity contribution is 6.00. The Labute approximate surface area is 138 Å². The molecule has 6 heteroatoms. The van der Waals surface area contributed by atoms with Crippen LogP contribution in [0.1, 0.15) is 21.5 Å². The van der Waals surface area contributed by atoms with E-state index < -0.39 is 5.91 Å². The lowest BCUT2D eigenvalue weighted by Gasteiger charge is -2.03. The first-order valence-corrected chi connectivity index (χ1v) is 7.43. The minimum Gasteiger partial charge on any atom is -0.496 e. The molecule has 2 aromatic carbocycles. The highest BCUT2D eigenvalue weighted by atomic mass is 16.5. The average Bonchev–Trinajstić information content (AvgIpc) is 2.93. The van der Waals surface area contributed by atoms with E-state index in [1.165, 1.54) is 7.11 Å². The van der Waals surface area contributed by atoms with Gasteiger partial charge in [0.2, 0.25) is 5.88 Å². The van der Waals surface area contributed by atoms with Crippen LogP contribution in [-0.4, -0.2) is 23.1 Å². The first-order valence-electron chi connectivity index (χ1n) is 7.43. The number of aryl methyl sites for hydroxylation is 2. The number of aromatic hydroxyl groups is 1. The quantitative estimate of drug-likeness (QED) is 0.699. The lowest BCUT2D eigenvalue weighted by molar-refractivity contribution is 0.0992. The molecule has 24 heavy (non-hydrogen) atoms. The number of aromatic amines is 1. The summed E-state index contributed by atoms with van der Waals surface area (Å²) in [5.74, 6) is -0.220. The van der Waals surface area contributed by atoms with Gasteiger partial charge in [-0.2, -0.15) is 0 Å². The van der Waals surface area contributed by atoms with Crippen molar-refractivity contribution < 1.29 is 14.6 Å². The zero-order chi connectivity index (χ0) is 17.3. The maximum Gasteiger partial charge on any atom is 0.299 e. The number of fused-ring (bicyclic) bond motifs is 1. The molecule has 0 aliphatic rings. The molecule has 1 amide bonds. The summed E-state index contributed by atoms with van der Waals surface area (Å²) in [6.45, 7) is 3.84. The molecule has 0 saturated heterocycles. The Morgan fingerprint density at radius 3 is 2.58 bits per heavy atom. The Hall–Kier alpha value is -3.15. The summed E-state index contributed by atoms with van der Waals surface area (Å²) in [6, 6.07) is 10.7. The van der Waals surface area contributed by atoms with Crippen molar-refractivity contribution in [1.82, 2.24) is 4.98 Å².